The maximum atomic E-state index is 12.8. The predicted molar refractivity (Wildman–Crippen MR) is 109 cm³/mol. The Morgan fingerprint density at radius 1 is 1.10 bits per heavy atom. The molecule has 2 bridgehead atoms. The average Bonchev–Trinajstić information content (AvgIpc) is 3.45. The van der Waals surface area contributed by atoms with Gasteiger partial charge in [0.25, 0.3) is 11.8 Å². The molecule has 1 aromatic heterocycles. The molecule has 30 heavy (non-hydrogen) atoms. The van der Waals surface area contributed by atoms with Gasteiger partial charge in [-0.05, 0) is 56.4 Å². The van der Waals surface area contributed by atoms with Crippen molar-refractivity contribution in [1.82, 2.24) is 9.58 Å². The molecule has 1 saturated heterocycles. The van der Waals surface area contributed by atoms with Crippen LogP contribution in [0.1, 0.15) is 33.7 Å². The molecule has 4 unspecified atom stereocenters. The average molecular weight is 403 g/mol. The van der Waals surface area contributed by atoms with Crippen molar-refractivity contribution < 1.29 is 19.5 Å². The summed E-state index contributed by atoms with van der Waals surface area (Å²) < 4.78 is 1.93. The lowest BCUT2D eigenvalue weighted by Gasteiger charge is -2.13. The van der Waals surface area contributed by atoms with E-state index in [2.05, 4.69) is 17.3 Å². The zero-order valence-electron chi connectivity index (χ0n) is 16.6. The Labute approximate surface area is 173 Å². The van der Waals surface area contributed by atoms with Crippen LogP contribution < -0.4 is 0 Å². The van der Waals surface area contributed by atoms with Crippen LogP contribution in [0.3, 0.4) is 0 Å². The van der Waals surface area contributed by atoms with Crippen molar-refractivity contribution in [3.8, 4) is 5.69 Å². The Balaban J connectivity index is 1.44. The Morgan fingerprint density at radius 3 is 2.40 bits per heavy atom. The molecule has 152 valence electrons. The number of allylic oxidation sites excluding steroid dienone is 2. The second-order valence-corrected chi connectivity index (χ2v) is 8.25. The van der Waals surface area contributed by atoms with E-state index in [0.29, 0.717) is 0 Å². The molecular weight excluding hydrogens is 382 g/mol. The third-order valence-electron chi connectivity index (χ3n) is 6.58. The first-order chi connectivity index (χ1) is 14.4. The van der Waals surface area contributed by atoms with E-state index in [1.807, 2.05) is 30.5 Å². The molecule has 2 aromatic rings. The number of carbonyl (C=O) groups excluding carboxylic acids is 2. The highest BCUT2D eigenvalue weighted by atomic mass is 16.4. The first-order valence-electron chi connectivity index (χ1n) is 9.99. The van der Waals surface area contributed by atoms with Crippen LogP contribution in [0.15, 0.2) is 47.6 Å². The summed E-state index contributed by atoms with van der Waals surface area (Å²) in [5.74, 6) is -1.62. The first kappa shape index (κ1) is 18.5. The molecule has 2 fully saturated rings. The Kier molecular flexibility index (Phi) is 4.03. The van der Waals surface area contributed by atoms with Gasteiger partial charge in [-0.15, -0.1) is 0 Å². The van der Waals surface area contributed by atoms with Crippen molar-refractivity contribution in [1.29, 1.82) is 0 Å². The van der Waals surface area contributed by atoms with Gasteiger partial charge in [-0.25, -0.2) is 4.79 Å². The van der Waals surface area contributed by atoms with Gasteiger partial charge in [0.05, 0.1) is 23.6 Å². The molecule has 1 N–H and O–H groups in total. The van der Waals surface area contributed by atoms with Crippen LogP contribution in [0.25, 0.3) is 5.69 Å². The number of aryl methyl sites for hydroxylation is 1. The summed E-state index contributed by atoms with van der Waals surface area (Å²) in [5.41, 5.74) is 3.45. The second kappa shape index (κ2) is 6.52. The van der Waals surface area contributed by atoms with E-state index in [0.717, 1.165) is 34.1 Å². The Hall–Kier alpha value is -3.48. The fourth-order valence-corrected chi connectivity index (χ4v) is 5.21. The highest BCUT2D eigenvalue weighted by Gasteiger charge is 2.59. The zero-order valence-corrected chi connectivity index (χ0v) is 16.6. The molecule has 7 heteroatoms. The number of hydrazone groups is 1. The highest BCUT2D eigenvalue weighted by molar-refractivity contribution is 6.06. The summed E-state index contributed by atoms with van der Waals surface area (Å²) in [7, 11) is 0. The van der Waals surface area contributed by atoms with Crippen LogP contribution in [0.4, 0.5) is 0 Å². The largest absolute Gasteiger partial charge is 0.478 e. The van der Waals surface area contributed by atoms with Crippen molar-refractivity contribution in [3.05, 3.63) is 65.0 Å². The molecule has 3 aliphatic rings. The van der Waals surface area contributed by atoms with E-state index in [4.69, 9.17) is 0 Å². The number of carbonyl (C=O) groups is 3. The van der Waals surface area contributed by atoms with Gasteiger partial charge in [0.1, 0.15) is 0 Å². The minimum Gasteiger partial charge on any atom is -0.478 e. The molecule has 1 aromatic carbocycles. The molecule has 1 aliphatic heterocycles. The van der Waals surface area contributed by atoms with Crippen molar-refractivity contribution >= 4 is 24.0 Å². The molecule has 5 rings (SSSR count). The van der Waals surface area contributed by atoms with Crippen LogP contribution in [0.5, 0.6) is 0 Å². The van der Waals surface area contributed by atoms with Crippen molar-refractivity contribution in [2.45, 2.75) is 20.3 Å². The third kappa shape index (κ3) is 2.58. The maximum Gasteiger partial charge on any atom is 0.335 e. The summed E-state index contributed by atoms with van der Waals surface area (Å²) >= 11 is 0. The van der Waals surface area contributed by atoms with Crippen molar-refractivity contribution in [3.63, 3.8) is 0 Å². The van der Waals surface area contributed by atoms with E-state index in [1.54, 1.807) is 24.4 Å². The minimum atomic E-state index is -0.985. The Morgan fingerprint density at radius 2 is 1.77 bits per heavy atom. The number of fused-ring (bicyclic) bond motifs is 5. The molecule has 2 amide bonds. The van der Waals surface area contributed by atoms with Gasteiger partial charge < -0.3 is 9.67 Å². The SMILES string of the molecule is Cc1cc(C=NN2C(=O)C3C4C=CC(C4)C3C2=O)c(C)n1-c1cccc(C(=O)O)c1. The summed E-state index contributed by atoms with van der Waals surface area (Å²) in [6.07, 6.45) is 6.55. The van der Waals surface area contributed by atoms with Gasteiger partial charge in [-0.3, -0.25) is 9.59 Å². The quantitative estimate of drug-likeness (QED) is 0.483. The number of amides is 2. The molecule has 7 nitrogen and oxygen atoms in total. The smallest absolute Gasteiger partial charge is 0.335 e. The number of carboxylic acid groups (broad SMARTS) is 1. The number of rotatable bonds is 4. The molecular formula is C23H21N3O4. The molecule has 0 radical (unpaired) electrons. The minimum absolute atomic E-state index is 0.156. The molecule has 2 heterocycles. The van der Waals surface area contributed by atoms with Gasteiger partial charge in [-0.1, -0.05) is 18.2 Å². The molecule has 1 saturated carbocycles. The van der Waals surface area contributed by atoms with E-state index < -0.39 is 5.97 Å². The Bertz CT molecular complexity index is 1130. The summed E-state index contributed by atoms with van der Waals surface area (Å²) in [6.45, 7) is 3.81. The lowest BCUT2D eigenvalue weighted by atomic mass is 9.85. The summed E-state index contributed by atoms with van der Waals surface area (Å²) in [4.78, 5) is 36.9. The molecule has 2 aliphatic carbocycles. The van der Waals surface area contributed by atoms with Gasteiger partial charge in [-0.2, -0.15) is 10.1 Å². The monoisotopic (exact) mass is 403 g/mol. The fraction of sp³-hybridized carbons (Fsp3) is 0.304. The number of nitrogens with zero attached hydrogens (tertiary/aromatic N) is 3. The highest BCUT2D eigenvalue weighted by Crippen LogP contribution is 2.52. The number of aromatic nitrogens is 1. The van der Waals surface area contributed by atoms with Crippen LogP contribution >= 0.6 is 0 Å². The molecule has 4 atom stereocenters. The van der Waals surface area contributed by atoms with Crippen LogP contribution in [-0.4, -0.2) is 38.7 Å². The van der Waals surface area contributed by atoms with E-state index >= 15 is 0 Å². The summed E-state index contributed by atoms with van der Waals surface area (Å²) in [6, 6.07) is 8.61. The third-order valence-corrected chi connectivity index (χ3v) is 6.58. The number of hydrogen-bond acceptors (Lipinski definition) is 4. The first-order valence-corrected chi connectivity index (χ1v) is 9.99. The van der Waals surface area contributed by atoms with Gasteiger partial charge >= 0.3 is 5.97 Å². The van der Waals surface area contributed by atoms with Crippen LogP contribution in [0, 0.1) is 37.5 Å². The second-order valence-electron chi connectivity index (χ2n) is 8.25. The topological polar surface area (TPSA) is 92.0 Å². The van der Waals surface area contributed by atoms with Crippen LogP contribution in [-0.2, 0) is 9.59 Å². The van der Waals surface area contributed by atoms with Crippen molar-refractivity contribution in [2.24, 2.45) is 28.8 Å². The fourth-order valence-electron chi connectivity index (χ4n) is 5.21. The number of carboxylic acids is 1. The van der Waals surface area contributed by atoms with E-state index in [1.165, 1.54) is 0 Å². The maximum absolute atomic E-state index is 12.8. The number of benzene rings is 1. The number of hydrogen-bond donors (Lipinski definition) is 1. The standard InChI is InChI=1S/C23H21N3O4/c1-12-8-17(13(2)25(12)18-5-3-4-16(10-18)23(29)30)11-24-26-21(27)19-14-6-7-15(9-14)20(19)22(26)28/h3-8,10-11,14-15,19-20H,9H2,1-2H3,(H,29,30). The van der Waals surface area contributed by atoms with Gasteiger partial charge in [0.2, 0.25) is 0 Å². The van der Waals surface area contributed by atoms with Crippen LogP contribution in [0.2, 0.25) is 0 Å². The normalized spacial score (nSPS) is 26.9. The number of imide groups is 1. The predicted octanol–water partition coefficient (Wildman–Crippen LogP) is 2.93. The molecule has 0 spiro atoms. The van der Waals surface area contributed by atoms with E-state index in [9.17, 15) is 19.5 Å². The van der Waals surface area contributed by atoms with Crippen molar-refractivity contribution in [2.75, 3.05) is 0 Å². The number of aromatic carboxylic acids is 1. The summed E-state index contributed by atoms with van der Waals surface area (Å²) in [5, 5.41) is 14.6. The van der Waals surface area contributed by atoms with Gasteiger partial charge in [0.15, 0.2) is 0 Å². The van der Waals surface area contributed by atoms with E-state index in [-0.39, 0.29) is 41.0 Å². The lowest BCUT2D eigenvalue weighted by molar-refractivity contribution is -0.140. The van der Waals surface area contributed by atoms with Gasteiger partial charge in [0, 0.05) is 22.6 Å². The lowest BCUT2D eigenvalue weighted by Crippen LogP contribution is -2.28. The zero-order chi connectivity index (χ0) is 21.2.